The van der Waals surface area contributed by atoms with Crippen molar-refractivity contribution in [3.05, 3.63) is 94.7 Å². The molecule has 3 aliphatic heterocycles. The van der Waals surface area contributed by atoms with E-state index >= 15 is 0 Å². The van der Waals surface area contributed by atoms with E-state index < -0.39 is 11.8 Å². The van der Waals surface area contributed by atoms with E-state index in [1.54, 1.807) is 36.4 Å². The van der Waals surface area contributed by atoms with Gasteiger partial charge in [0.25, 0.3) is 0 Å². The van der Waals surface area contributed by atoms with Crippen LogP contribution < -0.4 is 4.74 Å². The van der Waals surface area contributed by atoms with Crippen molar-refractivity contribution in [1.29, 1.82) is 5.26 Å². The van der Waals surface area contributed by atoms with Gasteiger partial charge in [-0.1, -0.05) is 18.2 Å². The quantitative estimate of drug-likeness (QED) is 0.283. The van der Waals surface area contributed by atoms with Gasteiger partial charge in [-0.05, 0) is 67.7 Å². The molecular weight excluding hydrogens is 549 g/mol. The molecule has 2 unspecified atom stereocenters. The summed E-state index contributed by atoms with van der Waals surface area (Å²) in [6, 6.07) is 17.6. The number of pyridine rings is 1. The van der Waals surface area contributed by atoms with Gasteiger partial charge in [0, 0.05) is 30.3 Å². The van der Waals surface area contributed by atoms with Crippen molar-refractivity contribution < 1.29 is 23.8 Å². The molecule has 0 aliphatic carbocycles. The number of carboxylic acids is 1. The van der Waals surface area contributed by atoms with E-state index in [0.717, 1.165) is 54.8 Å². The van der Waals surface area contributed by atoms with Crippen LogP contribution in [0.15, 0.2) is 60.7 Å². The summed E-state index contributed by atoms with van der Waals surface area (Å²) in [5.41, 5.74) is 4.53. The van der Waals surface area contributed by atoms with Crippen molar-refractivity contribution in [3.8, 4) is 11.9 Å². The Morgan fingerprint density at radius 3 is 2.77 bits per heavy atom. The maximum absolute atomic E-state index is 14.3. The van der Waals surface area contributed by atoms with Crippen LogP contribution in [-0.4, -0.2) is 55.3 Å². The number of aromatic nitrogens is 3. The normalized spacial score (nSPS) is 21.3. The van der Waals surface area contributed by atoms with Gasteiger partial charge in [-0.2, -0.15) is 5.26 Å². The highest BCUT2D eigenvalue weighted by molar-refractivity contribution is 5.92. The van der Waals surface area contributed by atoms with Crippen LogP contribution in [-0.2, 0) is 24.4 Å². The molecular formula is C33H30FN5O4. The number of ether oxygens (including phenoxy) is 2. The van der Waals surface area contributed by atoms with Crippen LogP contribution in [0.3, 0.4) is 0 Å². The number of nitriles is 1. The number of benzene rings is 2. The van der Waals surface area contributed by atoms with Crippen LogP contribution in [0.2, 0.25) is 0 Å². The first-order valence-electron chi connectivity index (χ1n) is 14.5. The number of aromatic carboxylic acids is 1. The highest BCUT2D eigenvalue weighted by Gasteiger charge is 2.38. The minimum atomic E-state index is -0.952. The molecule has 10 heteroatoms. The number of carboxylic acid groups (broad SMARTS) is 1. The van der Waals surface area contributed by atoms with Gasteiger partial charge in [-0.25, -0.2) is 19.2 Å². The summed E-state index contributed by atoms with van der Waals surface area (Å²) in [5, 5.41) is 18.5. The third-order valence-electron chi connectivity index (χ3n) is 8.73. The van der Waals surface area contributed by atoms with E-state index in [0.29, 0.717) is 30.6 Å². The fraction of sp³-hybridized carbons (Fsp3) is 0.333. The Morgan fingerprint density at radius 2 is 2.02 bits per heavy atom. The maximum Gasteiger partial charge on any atom is 0.335 e. The molecule has 0 radical (unpaired) electrons. The fourth-order valence-corrected chi connectivity index (χ4v) is 6.34. The Morgan fingerprint density at radius 1 is 1.14 bits per heavy atom. The lowest BCUT2D eigenvalue weighted by atomic mass is 9.98. The standard InChI is InChI=1S/C33H30FN5O4/c34-27-12-20(16-35)4-5-22(27)19-43-32-3-1-2-28(37-32)23-13-24-7-8-25(14-23)38(24)18-31-36-29-9-6-21(33(40)41)15-30(29)39(31)17-26-10-11-42-26/h1-6,9,12-13,15,24-26H,7-8,10-11,14,17-19H2,(H,40,41)/t24?,25?,26-/m0/s1. The first kappa shape index (κ1) is 27.3. The maximum atomic E-state index is 14.3. The number of rotatable bonds is 9. The summed E-state index contributed by atoms with van der Waals surface area (Å²) in [5.74, 6) is -0.0831. The lowest BCUT2D eigenvalue weighted by Crippen LogP contribution is -2.39. The van der Waals surface area contributed by atoms with Crippen molar-refractivity contribution in [2.24, 2.45) is 0 Å². The van der Waals surface area contributed by atoms with E-state index in [9.17, 15) is 14.3 Å². The Hall–Kier alpha value is -4.59. The van der Waals surface area contributed by atoms with Gasteiger partial charge in [-0.3, -0.25) is 4.90 Å². The number of halogens is 1. The van der Waals surface area contributed by atoms with Crippen LogP contribution in [0.1, 0.15) is 58.7 Å². The molecule has 2 fully saturated rings. The van der Waals surface area contributed by atoms with Gasteiger partial charge in [0.1, 0.15) is 18.2 Å². The SMILES string of the molecule is N#Cc1ccc(COc2cccc(C3=CC4CCC(C3)N4Cc3nc4ccc(C(=O)O)cc4n3C[C@@H]3CCO3)n2)c(F)c1. The zero-order chi connectivity index (χ0) is 29.5. The van der Waals surface area contributed by atoms with Gasteiger partial charge >= 0.3 is 5.97 Å². The Kier molecular flexibility index (Phi) is 7.13. The molecule has 0 saturated carbocycles. The molecule has 218 valence electrons. The first-order valence-corrected chi connectivity index (χ1v) is 14.5. The molecule has 9 nitrogen and oxygen atoms in total. The van der Waals surface area contributed by atoms with E-state index in [4.69, 9.17) is 24.7 Å². The van der Waals surface area contributed by atoms with Crippen LogP contribution in [0.25, 0.3) is 16.6 Å². The summed E-state index contributed by atoms with van der Waals surface area (Å²) in [7, 11) is 0. The van der Waals surface area contributed by atoms with Crippen molar-refractivity contribution in [2.75, 3.05) is 6.61 Å². The number of imidazole rings is 1. The summed E-state index contributed by atoms with van der Waals surface area (Å²) in [6.45, 7) is 2.09. The second kappa shape index (κ2) is 11.2. The molecule has 2 aromatic carbocycles. The molecule has 0 amide bonds. The van der Waals surface area contributed by atoms with Gasteiger partial charge < -0.3 is 19.1 Å². The molecule has 1 N–H and O–H groups in total. The van der Waals surface area contributed by atoms with Crippen LogP contribution in [0, 0.1) is 17.1 Å². The average Bonchev–Trinajstić information content (AvgIpc) is 3.44. The van der Waals surface area contributed by atoms with Gasteiger partial charge in [0.15, 0.2) is 0 Å². The Bertz CT molecular complexity index is 1790. The number of carbonyl (C=O) groups is 1. The second-order valence-corrected chi connectivity index (χ2v) is 11.4. The topological polar surface area (TPSA) is 114 Å². The van der Waals surface area contributed by atoms with Crippen molar-refractivity contribution in [2.45, 2.75) is 63.6 Å². The minimum absolute atomic E-state index is 0.0208. The van der Waals surface area contributed by atoms with Crippen LogP contribution in [0.5, 0.6) is 5.88 Å². The van der Waals surface area contributed by atoms with Gasteiger partial charge in [0.05, 0.1) is 53.1 Å². The summed E-state index contributed by atoms with van der Waals surface area (Å²) in [4.78, 5) is 23.8. The lowest BCUT2D eigenvalue weighted by molar-refractivity contribution is -0.0592. The smallest absolute Gasteiger partial charge is 0.335 e. The van der Waals surface area contributed by atoms with E-state index in [-0.39, 0.29) is 29.9 Å². The number of nitrogens with zero attached hydrogens (tertiary/aromatic N) is 5. The van der Waals surface area contributed by atoms with E-state index in [1.807, 2.05) is 18.2 Å². The summed E-state index contributed by atoms with van der Waals surface area (Å²) < 4.78 is 28.0. The molecule has 5 heterocycles. The van der Waals surface area contributed by atoms with Gasteiger partial charge in [-0.15, -0.1) is 0 Å². The largest absolute Gasteiger partial charge is 0.478 e. The Labute approximate surface area is 247 Å². The molecule has 3 aliphatic rings. The lowest BCUT2D eigenvalue weighted by Gasteiger charge is -2.34. The third-order valence-corrected chi connectivity index (χ3v) is 8.73. The first-order chi connectivity index (χ1) is 20.9. The Balaban J connectivity index is 1.10. The minimum Gasteiger partial charge on any atom is -0.478 e. The van der Waals surface area contributed by atoms with Crippen LogP contribution in [0.4, 0.5) is 4.39 Å². The second-order valence-electron chi connectivity index (χ2n) is 11.4. The number of hydrogen-bond donors (Lipinski definition) is 1. The third kappa shape index (κ3) is 5.38. The molecule has 7 rings (SSSR count). The number of hydrogen-bond acceptors (Lipinski definition) is 7. The summed E-state index contributed by atoms with van der Waals surface area (Å²) >= 11 is 0. The monoisotopic (exact) mass is 579 g/mol. The molecule has 4 aromatic rings. The predicted molar refractivity (Wildman–Crippen MR) is 156 cm³/mol. The molecule has 43 heavy (non-hydrogen) atoms. The van der Waals surface area contributed by atoms with E-state index in [2.05, 4.69) is 15.5 Å². The molecule has 2 bridgehead atoms. The van der Waals surface area contributed by atoms with Crippen LogP contribution >= 0.6 is 0 Å². The highest BCUT2D eigenvalue weighted by atomic mass is 19.1. The molecule has 2 saturated heterocycles. The van der Waals surface area contributed by atoms with Crippen molar-refractivity contribution in [3.63, 3.8) is 0 Å². The van der Waals surface area contributed by atoms with Crippen molar-refractivity contribution in [1.82, 2.24) is 19.4 Å². The number of fused-ring (bicyclic) bond motifs is 3. The molecule has 2 aromatic heterocycles. The zero-order valence-electron chi connectivity index (χ0n) is 23.4. The van der Waals surface area contributed by atoms with E-state index in [1.165, 1.54) is 11.6 Å². The highest BCUT2D eigenvalue weighted by Crippen LogP contribution is 2.39. The molecule has 0 spiro atoms. The molecule has 3 atom stereocenters. The van der Waals surface area contributed by atoms with Gasteiger partial charge in [0.2, 0.25) is 5.88 Å². The fourth-order valence-electron chi connectivity index (χ4n) is 6.34. The average molecular weight is 580 g/mol. The predicted octanol–water partition coefficient (Wildman–Crippen LogP) is 5.33. The van der Waals surface area contributed by atoms with Crippen molar-refractivity contribution >= 4 is 22.6 Å². The summed E-state index contributed by atoms with van der Waals surface area (Å²) in [6.07, 6.45) is 6.33. The zero-order valence-corrected chi connectivity index (χ0v) is 23.4.